The molecule has 1 saturated heterocycles. The molecule has 1 heterocycles. The number of hydrogen-bond acceptors (Lipinski definition) is 2. The molecule has 0 aromatic heterocycles. The molecule has 110 valence electrons. The van der Waals surface area contributed by atoms with Gasteiger partial charge in [0.15, 0.2) is 0 Å². The van der Waals surface area contributed by atoms with Crippen LogP contribution in [0.3, 0.4) is 0 Å². The number of fused-ring (bicyclic) bond motifs is 4. The Kier molecular flexibility index (Phi) is 3.76. The molecule has 1 aliphatic heterocycles. The van der Waals surface area contributed by atoms with E-state index in [4.69, 9.17) is 0 Å². The van der Waals surface area contributed by atoms with Crippen molar-refractivity contribution in [2.75, 3.05) is 19.6 Å². The van der Waals surface area contributed by atoms with Crippen LogP contribution in [0.15, 0.2) is 18.2 Å². The highest BCUT2D eigenvalue weighted by Gasteiger charge is 2.39. The van der Waals surface area contributed by atoms with E-state index in [0.717, 1.165) is 5.92 Å². The molecular formula is C18H27NO. The fourth-order valence-electron chi connectivity index (χ4n) is 4.25. The number of unbranched alkanes of at least 4 members (excludes halogenated alkanes) is 1. The van der Waals surface area contributed by atoms with Gasteiger partial charge in [-0.05, 0) is 73.4 Å². The van der Waals surface area contributed by atoms with Crippen molar-refractivity contribution in [2.24, 2.45) is 5.92 Å². The van der Waals surface area contributed by atoms with Gasteiger partial charge in [-0.25, -0.2) is 0 Å². The highest BCUT2D eigenvalue weighted by atomic mass is 16.3. The third kappa shape index (κ3) is 2.58. The number of aromatic hydroxyl groups is 1. The first-order valence-corrected chi connectivity index (χ1v) is 8.15. The quantitative estimate of drug-likeness (QED) is 0.907. The number of likely N-dealkylation sites (tertiary alicyclic amines) is 1. The Hall–Kier alpha value is -1.02. The summed E-state index contributed by atoms with van der Waals surface area (Å²) in [5.41, 5.74) is 3.14. The zero-order valence-electron chi connectivity index (χ0n) is 12.9. The van der Waals surface area contributed by atoms with Crippen LogP contribution in [0.25, 0.3) is 0 Å². The molecule has 0 spiro atoms. The van der Waals surface area contributed by atoms with Crippen molar-refractivity contribution in [3.63, 3.8) is 0 Å². The number of phenols is 1. The topological polar surface area (TPSA) is 23.5 Å². The Morgan fingerprint density at radius 3 is 3.05 bits per heavy atom. The molecule has 1 aliphatic carbocycles. The van der Waals surface area contributed by atoms with Crippen molar-refractivity contribution < 1.29 is 5.11 Å². The molecule has 1 aromatic rings. The highest BCUT2D eigenvalue weighted by Crippen LogP contribution is 2.45. The summed E-state index contributed by atoms with van der Waals surface area (Å²) in [4.78, 5) is 2.67. The van der Waals surface area contributed by atoms with E-state index in [1.54, 1.807) is 0 Å². The van der Waals surface area contributed by atoms with Crippen LogP contribution in [-0.2, 0) is 11.8 Å². The molecular weight excluding hydrogens is 246 g/mol. The first kappa shape index (κ1) is 13.9. The Labute approximate surface area is 122 Å². The van der Waals surface area contributed by atoms with E-state index in [9.17, 15) is 5.11 Å². The molecule has 0 amide bonds. The van der Waals surface area contributed by atoms with Crippen molar-refractivity contribution >= 4 is 0 Å². The number of phenolic OH excluding ortho intramolecular Hbond substituents is 1. The molecule has 2 aliphatic rings. The normalized spacial score (nSPS) is 29.8. The molecule has 2 bridgehead atoms. The maximum absolute atomic E-state index is 9.83. The summed E-state index contributed by atoms with van der Waals surface area (Å²) in [6, 6.07) is 6.03. The molecule has 20 heavy (non-hydrogen) atoms. The fourth-order valence-corrected chi connectivity index (χ4v) is 4.25. The van der Waals surface area contributed by atoms with Gasteiger partial charge in [-0.2, -0.15) is 0 Å². The summed E-state index contributed by atoms with van der Waals surface area (Å²) in [7, 11) is 0. The minimum absolute atomic E-state index is 0.262. The third-order valence-electron chi connectivity index (χ3n) is 5.32. The lowest BCUT2D eigenvalue weighted by molar-refractivity contribution is 0.243. The van der Waals surface area contributed by atoms with Crippen molar-refractivity contribution in [3.05, 3.63) is 29.3 Å². The molecule has 2 unspecified atom stereocenters. The second-order valence-corrected chi connectivity index (χ2v) is 7.08. The van der Waals surface area contributed by atoms with E-state index in [1.807, 2.05) is 12.1 Å². The number of rotatable bonds is 3. The van der Waals surface area contributed by atoms with Gasteiger partial charge in [0.05, 0.1) is 0 Å². The Balaban J connectivity index is 1.86. The van der Waals surface area contributed by atoms with Crippen LogP contribution < -0.4 is 0 Å². The molecule has 1 aromatic carbocycles. The van der Waals surface area contributed by atoms with Gasteiger partial charge in [-0.3, -0.25) is 0 Å². The van der Waals surface area contributed by atoms with Crippen molar-refractivity contribution in [1.82, 2.24) is 4.90 Å². The van der Waals surface area contributed by atoms with E-state index in [-0.39, 0.29) is 5.41 Å². The average Bonchev–Trinajstić information content (AvgIpc) is 2.55. The number of nitrogens with zero attached hydrogens (tertiary/aromatic N) is 1. The summed E-state index contributed by atoms with van der Waals surface area (Å²) >= 11 is 0. The maximum Gasteiger partial charge on any atom is 0.115 e. The van der Waals surface area contributed by atoms with Gasteiger partial charge < -0.3 is 10.0 Å². The number of hydrogen-bond donors (Lipinski definition) is 1. The second kappa shape index (κ2) is 5.40. The van der Waals surface area contributed by atoms with E-state index in [0.29, 0.717) is 5.75 Å². The van der Waals surface area contributed by atoms with Gasteiger partial charge in [0.25, 0.3) is 0 Å². The minimum atomic E-state index is 0.262. The van der Waals surface area contributed by atoms with Crippen LogP contribution in [0.1, 0.15) is 50.7 Å². The largest absolute Gasteiger partial charge is 0.508 e. The first-order chi connectivity index (χ1) is 9.60. The van der Waals surface area contributed by atoms with E-state index in [1.165, 1.54) is 62.9 Å². The maximum atomic E-state index is 9.83. The lowest BCUT2D eigenvalue weighted by atomic mass is 9.66. The van der Waals surface area contributed by atoms with E-state index >= 15 is 0 Å². The Bertz CT molecular complexity index is 484. The highest BCUT2D eigenvalue weighted by molar-refractivity contribution is 5.42. The monoisotopic (exact) mass is 273 g/mol. The van der Waals surface area contributed by atoms with Crippen molar-refractivity contribution in [2.45, 2.75) is 51.4 Å². The fraction of sp³-hybridized carbons (Fsp3) is 0.667. The molecule has 1 N–H and O–H groups in total. The summed E-state index contributed by atoms with van der Waals surface area (Å²) in [6.07, 6.45) is 6.30. The van der Waals surface area contributed by atoms with Gasteiger partial charge in [0.1, 0.15) is 5.75 Å². The predicted octanol–water partition coefficient (Wildman–Crippen LogP) is 3.72. The average molecular weight is 273 g/mol. The molecule has 2 nitrogen and oxygen atoms in total. The molecule has 0 radical (unpaired) electrons. The van der Waals surface area contributed by atoms with Gasteiger partial charge in [-0.1, -0.05) is 26.3 Å². The number of benzene rings is 1. The van der Waals surface area contributed by atoms with Gasteiger partial charge in [-0.15, -0.1) is 0 Å². The first-order valence-electron chi connectivity index (χ1n) is 8.15. The van der Waals surface area contributed by atoms with Crippen LogP contribution in [0, 0.1) is 5.92 Å². The van der Waals surface area contributed by atoms with E-state index in [2.05, 4.69) is 24.8 Å². The second-order valence-electron chi connectivity index (χ2n) is 7.08. The van der Waals surface area contributed by atoms with Crippen LogP contribution in [0.5, 0.6) is 5.75 Å². The zero-order chi connectivity index (χ0) is 14.2. The van der Waals surface area contributed by atoms with Crippen LogP contribution in [0.4, 0.5) is 0 Å². The Morgan fingerprint density at radius 1 is 1.40 bits per heavy atom. The summed E-state index contributed by atoms with van der Waals surface area (Å²) in [5.74, 6) is 1.21. The smallest absolute Gasteiger partial charge is 0.115 e. The third-order valence-corrected chi connectivity index (χ3v) is 5.32. The van der Waals surface area contributed by atoms with Gasteiger partial charge in [0.2, 0.25) is 0 Å². The van der Waals surface area contributed by atoms with E-state index < -0.39 is 0 Å². The minimum Gasteiger partial charge on any atom is -0.508 e. The summed E-state index contributed by atoms with van der Waals surface area (Å²) in [5, 5.41) is 9.83. The van der Waals surface area contributed by atoms with Crippen LogP contribution in [0.2, 0.25) is 0 Å². The zero-order valence-corrected chi connectivity index (χ0v) is 12.9. The molecule has 3 rings (SSSR count). The van der Waals surface area contributed by atoms with Gasteiger partial charge in [0, 0.05) is 6.54 Å². The SMILES string of the molecule is CCCCN1CCC2(C)CC(Cc3ccc(O)cc32)C1. The molecule has 1 fully saturated rings. The molecule has 2 atom stereocenters. The molecule has 2 heteroatoms. The Morgan fingerprint density at radius 2 is 2.25 bits per heavy atom. The predicted molar refractivity (Wildman–Crippen MR) is 83.2 cm³/mol. The summed E-state index contributed by atoms with van der Waals surface area (Å²) in [6.45, 7) is 8.40. The van der Waals surface area contributed by atoms with Crippen LogP contribution in [-0.4, -0.2) is 29.6 Å². The van der Waals surface area contributed by atoms with Crippen LogP contribution >= 0.6 is 0 Å². The standard InChI is InChI=1S/C18H27NO/c1-3-4-8-19-9-7-18(2)12-14(13-19)10-15-5-6-16(20)11-17(15)18/h5-6,11,14,20H,3-4,7-10,12-13H2,1-2H3. The summed E-state index contributed by atoms with van der Waals surface area (Å²) < 4.78 is 0. The van der Waals surface area contributed by atoms with Crippen molar-refractivity contribution in [3.8, 4) is 5.75 Å². The van der Waals surface area contributed by atoms with Gasteiger partial charge >= 0.3 is 0 Å². The lowest BCUT2D eigenvalue weighted by Crippen LogP contribution is -2.32. The lowest BCUT2D eigenvalue weighted by Gasteiger charge is -2.38. The molecule has 0 saturated carbocycles. The van der Waals surface area contributed by atoms with Crippen molar-refractivity contribution in [1.29, 1.82) is 0 Å².